The second kappa shape index (κ2) is 6.65. The number of fused-ring (bicyclic) bond motifs is 1. The molecule has 0 bridgehead atoms. The van der Waals surface area contributed by atoms with Gasteiger partial charge in [0.05, 0.1) is 12.5 Å². The van der Waals surface area contributed by atoms with Crippen molar-refractivity contribution in [3.05, 3.63) is 35.5 Å². The first-order chi connectivity index (χ1) is 11.8. The molecule has 0 spiro atoms. The van der Waals surface area contributed by atoms with Gasteiger partial charge in [-0.2, -0.15) is 0 Å². The van der Waals surface area contributed by atoms with Gasteiger partial charge in [0.25, 0.3) is 0 Å². The fraction of sp³-hybridized carbons (Fsp3) is 0.278. The number of hydrogen-bond acceptors (Lipinski definition) is 6. The van der Waals surface area contributed by atoms with E-state index in [9.17, 15) is 9.90 Å². The van der Waals surface area contributed by atoms with E-state index in [1.54, 1.807) is 21.0 Å². The SMILES string of the molecule is COc1ccc(-c2csc3nc(C)nc(SC(C)(C)C(=O)O)c23)cc1. The van der Waals surface area contributed by atoms with E-state index >= 15 is 0 Å². The number of carboxylic acids is 1. The van der Waals surface area contributed by atoms with Gasteiger partial charge in [0, 0.05) is 10.9 Å². The van der Waals surface area contributed by atoms with Crippen molar-refractivity contribution in [1.29, 1.82) is 0 Å². The number of rotatable bonds is 5. The molecule has 0 fully saturated rings. The zero-order chi connectivity index (χ0) is 18.2. The number of methoxy groups -OCH3 is 1. The minimum Gasteiger partial charge on any atom is -0.497 e. The highest BCUT2D eigenvalue weighted by molar-refractivity contribution is 8.01. The quantitative estimate of drug-likeness (QED) is 0.518. The van der Waals surface area contributed by atoms with Gasteiger partial charge in [0.1, 0.15) is 26.2 Å². The Morgan fingerprint density at radius 1 is 1.24 bits per heavy atom. The molecule has 0 unspecified atom stereocenters. The number of aliphatic carboxylic acids is 1. The van der Waals surface area contributed by atoms with Crippen molar-refractivity contribution in [3.8, 4) is 16.9 Å². The van der Waals surface area contributed by atoms with Gasteiger partial charge in [0.2, 0.25) is 0 Å². The molecule has 0 atom stereocenters. The molecule has 2 heterocycles. The molecule has 0 aliphatic carbocycles. The number of ether oxygens (including phenoxy) is 1. The van der Waals surface area contributed by atoms with E-state index in [0.717, 1.165) is 27.1 Å². The van der Waals surface area contributed by atoms with E-state index < -0.39 is 10.7 Å². The minimum absolute atomic E-state index is 0.638. The van der Waals surface area contributed by atoms with E-state index in [1.807, 2.05) is 36.6 Å². The first-order valence-corrected chi connectivity index (χ1v) is 9.34. The number of nitrogens with zero attached hydrogens (tertiary/aromatic N) is 2. The largest absolute Gasteiger partial charge is 0.497 e. The standard InChI is InChI=1S/C18H18N2O3S2/c1-10-19-15-14(16(20-10)25-18(2,3)17(21)22)13(9-24-15)11-5-7-12(23-4)8-6-11/h5-9H,1-4H3,(H,21,22). The maximum atomic E-state index is 11.5. The second-order valence-electron chi connectivity index (χ2n) is 6.05. The number of benzene rings is 1. The average Bonchev–Trinajstić information content (AvgIpc) is 2.98. The van der Waals surface area contributed by atoms with Crippen molar-refractivity contribution >= 4 is 39.3 Å². The van der Waals surface area contributed by atoms with E-state index in [-0.39, 0.29) is 0 Å². The highest BCUT2D eigenvalue weighted by Gasteiger charge is 2.31. The van der Waals surface area contributed by atoms with Crippen LogP contribution in [0.2, 0.25) is 0 Å². The number of aryl methyl sites for hydroxylation is 1. The van der Waals surface area contributed by atoms with Crippen LogP contribution in [0.3, 0.4) is 0 Å². The lowest BCUT2D eigenvalue weighted by Gasteiger charge is -2.18. The smallest absolute Gasteiger partial charge is 0.319 e. The van der Waals surface area contributed by atoms with Crippen LogP contribution in [0.15, 0.2) is 34.7 Å². The van der Waals surface area contributed by atoms with Crippen LogP contribution >= 0.6 is 23.1 Å². The Morgan fingerprint density at radius 2 is 1.92 bits per heavy atom. The summed E-state index contributed by atoms with van der Waals surface area (Å²) in [5, 5.41) is 13.1. The molecule has 0 aliphatic rings. The fourth-order valence-electron chi connectivity index (χ4n) is 2.35. The molecule has 0 aliphatic heterocycles. The summed E-state index contributed by atoms with van der Waals surface area (Å²) in [5.74, 6) is 0.555. The zero-order valence-electron chi connectivity index (χ0n) is 14.4. The molecule has 2 aromatic heterocycles. The van der Waals surface area contributed by atoms with Crippen LogP contribution in [0, 0.1) is 6.92 Å². The van der Waals surface area contributed by atoms with Crippen molar-refractivity contribution in [2.45, 2.75) is 30.5 Å². The number of thiophene rings is 1. The summed E-state index contributed by atoms with van der Waals surface area (Å²) in [4.78, 5) is 21.4. The maximum Gasteiger partial charge on any atom is 0.319 e. The van der Waals surface area contributed by atoms with Gasteiger partial charge in [-0.25, -0.2) is 9.97 Å². The maximum absolute atomic E-state index is 11.5. The molecule has 0 amide bonds. The molecule has 0 radical (unpaired) electrons. The summed E-state index contributed by atoms with van der Waals surface area (Å²) < 4.78 is 4.23. The molecular formula is C18H18N2O3S2. The van der Waals surface area contributed by atoms with Crippen molar-refractivity contribution < 1.29 is 14.6 Å². The first kappa shape index (κ1) is 17.7. The van der Waals surface area contributed by atoms with Gasteiger partial charge < -0.3 is 9.84 Å². The van der Waals surface area contributed by atoms with Gasteiger partial charge in [-0.05, 0) is 38.5 Å². The summed E-state index contributed by atoms with van der Waals surface area (Å²) in [6, 6.07) is 7.78. The highest BCUT2D eigenvalue weighted by Crippen LogP contribution is 2.42. The third kappa shape index (κ3) is 3.48. The molecule has 3 rings (SSSR count). The molecule has 1 N–H and O–H groups in total. The lowest BCUT2D eigenvalue weighted by molar-refractivity contribution is -0.138. The summed E-state index contributed by atoms with van der Waals surface area (Å²) in [6.45, 7) is 5.19. The fourth-order valence-corrected chi connectivity index (χ4v) is 4.47. The highest BCUT2D eigenvalue weighted by atomic mass is 32.2. The normalized spacial score (nSPS) is 11.7. The average molecular weight is 374 g/mol. The van der Waals surface area contributed by atoms with E-state index in [2.05, 4.69) is 9.97 Å². The molecule has 3 aromatic rings. The van der Waals surface area contributed by atoms with Crippen LogP contribution in [0.25, 0.3) is 21.3 Å². The van der Waals surface area contributed by atoms with E-state index in [0.29, 0.717) is 10.9 Å². The Labute approximate surface area is 154 Å². The van der Waals surface area contributed by atoms with Crippen LogP contribution in [0.4, 0.5) is 0 Å². The van der Waals surface area contributed by atoms with Gasteiger partial charge in [-0.1, -0.05) is 23.9 Å². The summed E-state index contributed by atoms with van der Waals surface area (Å²) in [5.41, 5.74) is 2.03. The monoisotopic (exact) mass is 374 g/mol. The number of aromatic nitrogens is 2. The van der Waals surface area contributed by atoms with Crippen LogP contribution in [-0.2, 0) is 4.79 Å². The zero-order valence-corrected chi connectivity index (χ0v) is 16.0. The van der Waals surface area contributed by atoms with Crippen molar-refractivity contribution in [2.24, 2.45) is 0 Å². The molecule has 0 saturated heterocycles. The summed E-state index contributed by atoms with van der Waals surface area (Å²) in [6.07, 6.45) is 0. The lowest BCUT2D eigenvalue weighted by atomic mass is 10.1. The van der Waals surface area contributed by atoms with Crippen LogP contribution in [0.5, 0.6) is 5.75 Å². The third-order valence-electron chi connectivity index (χ3n) is 3.78. The Balaban J connectivity index is 2.16. The predicted octanol–water partition coefficient (Wildman–Crippen LogP) is 4.63. The molecule has 25 heavy (non-hydrogen) atoms. The van der Waals surface area contributed by atoms with Crippen molar-refractivity contribution in [2.75, 3.05) is 7.11 Å². The third-order valence-corrected chi connectivity index (χ3v) is 5.83. The first-order valence-electron chi connectivity index (χ1n) is 7.64. The topological polar surface area (TPSA) is 72.3 Å². The molecule has 7 heteroatoms. The molecular weight excluding hydrogens is 356 g/mol. The van der Waals surface area contributed by atoms with Crippen molar-refractivity contribution in [3.63, 3.8) is 0 Å². The molecule has 1 aromatic carbocycles. The van der Waals surface area contributed by atoms with Gasteiger partial charge in [-0.3, -0.25) is 4.79 Å². The van der Waals surface area contributed by atoms with Crippen LogP contribution in [0.1, 0.15) is 19.7 Å². The van der Waals surface area contributed by atoms with Crippen LogP contribution in [-0.4, -0.2) is 32.9 Å². The second-order valence-corrected chi connectivity index (χ2v) is 8.52. The van der Waals surface area contributed by atoms with Crippen molar-refractivity contribution in [1.82, 2.24) is 9.97 Å². The number of carbonyl (C=O) groups is 1. The van der Waals surface area contributed by atoms with E-state index in [4.69, 9.17) is 4.74 Å². The van der Waals surface area contributed by atoms with Gasteiger partial charge in [0.15, 0.2) is 0 Å². The predicted molar refractivity (Wildman–Crippen MR) is 102 cm³/mol. The Kier molecular flexibility index (Phi) is 4.71. The van der Waals surface area contributed by atoms with Gasteiger partial charge in [-0.15, -0.1) is 11.3 Å². The molecule has 0 saturated carbocycles. The molecule has 130 valence electrons. The lowest BCUT2D eigenvalue weighted by Crippen LogP contribution is -2.27. The number of carboxylic acid groups (broad SMARTS) is 1. The number of thioether (sulfide) groups is 1. The Hall–Kier alpha value is -2.12. The minimum atomic E-state index is -0.979. The summed E-state index contributed by atoms with van der Waals surface area (Å²) >= 11 is 2.79. The Morgan fingerprint density at radius 3 is 2.52 bits per heavy atom. The Bertz CT molecular complexity index is 933. The summed E-state index contributed by atoms with van der Waals surface area (Å²) in [7, 11) is 1.63. The van der Waals surface area contributed by atoms with Crippen LogP contribution < -0.4 is 4.74 Å². The van der Waals surface area contributed by atoms with Gasteiger partial charge >= 0.3 is 5.97 Å². The molecule has 5 nitrogen and oxygen atoms in total. The number of hydrogen-bond donors (Lipinski definition) is 1. The van der Waals surface area contributed by atoms with E-state index in [1.165, 1.54) is 23.1 Å².